The summed E-state index contributed by atoms with van der Waals surface area (Å²) in [6.45, 7) is 0.266. The van der Waals surface area contributed by atoms with Crippen molar-refractivity contribution in [3.63, 3.8) is 0 Å². The Bertz CT molecular complexity index is 876. The second-order valence-electron chi connectivity index (χ2n) is 5.48. The Labute approximate surface area is 151 Å². The van der Waals surface area contributed by atoms with Crippen LogP contribution in [0.25, 0.3) is 11.3 Å². The molecule has 0 saturated carbocycles. The van der Waals surface area contributed by atoms with Gasteiger partial charge >= 0.3 is 0 Å². The zero-order valence-corrected chi connectivity index (χ0v) is 14.6. The number of nitrogens with zero attached hydrogens (tertiary/aromatic N) is 2. The summed E-state index contributed by atoms with van der Waals surface area (Å²) in [7, 11) is 3.03. The summed E-state index contributed by atoms with van der Waals surface area (Å²) in [6, 6.07) is 16.9. The minimum atomic E-state index is -0.292. The molecule has 6 nitrogen and oxygen atoms in total. The van der Waals surface area contributed by atoms with Crippen LogP contribution in [0.1, 0.15) is 16.1 Å². The average Bonchev–Trinajstić information content (AvgIpc) is 2.72. The number of rotatable bonds is 6. The van der Waals surface area contributed by atoms with Crippen molar-refractivity contribution in [2.24, 2.45) is 0 Å². The van der Waals surface area contributed by atoms with E-state index in [9.17, 15) is 4.79 Å². The average molecular weight is 349 g/mol. The fourth-order valence-corrected chi connectivity index (χ4v) is 2.60. The van der Waals surface area contributed by atoms with Crippen molar-refractivity contribution in [2.75, 3.05) is 14.2 Å². The van der Waals surface area contributed by atoms with Crippen LogP contribution in [0, 0.1) is 0 Å². The van der Waals surface area contributed by atoms with Crippen LogP contribution in [0.3, 0.4) is 0 Å². The first kappa shape index (κ1) is 17.4. The maximum atomic E-state index is 12.6. The smallest absolute Gasteiger partial charge is 0.259 e. The van der Waals surface area contributed by atoms with E-state index in [1.807, 2.05) is 36.4 Å². The molecule has 0 fully saturated rings. The first-order valence-corrected chi connectivity index (χ1v) is 8.08. The Morgan fingerprint density at radius 1 is 0.962 bits per heavy atom. The van der Waals surface area contributed by atoms with Crippen molar-refractivity contribution in [2.45, 2.75) is 6.54 Å². The molecule has 0 saturated heterocycles. The molecule has 2 aromatic carbocycles. The fourth-order valence-electron chi connectivity index (χ4n) is 2.60. The van der Waals surface area contributed by atoms with E-state index in [0.29, 0.717) is 22.8 Å². The molecule has 0 bridgehead atoms. The molecule has 1 aromatic heterocycles. The van der Waals surface area contributed by atoms with Crippen LogP contribution in [0.4, 0.5) is 0 Å². The summed E-state index contributed by atoms with van der Waals surface area (Å²) in [5.41, 5.74) is 2.87. The second-order valence-corrected chi connectivity index (χ2v) is 5.48. The molecule has 0 aliphatic carbocycles. The number of amides is 1. The highest BCUT2D eigenvalue weighted by Crippen LogP contribution is 2.28. The first-order chi connectivity index (χ1) is 12.7. The molecule has 1 amide bonds. The van der Waals surface area contributed by atoms with Crippen LogP contribution in [0.5, 0.6) is 11.5 Å². The molecule has 1 N–H and O–H groups in total. The molecule has 0 atom stereocenters. The molecule has 0 aliphatic heterocycles. The highest BCUT2D eigenvalue weighted by atomic mass is 16.5. The summed E-state index contributed by atoms with van der Waals surface area (Å²) >= 11 is 0. The molecule has 6 heteroatoms. The molecular formula is C20H19N3O3. The zero-order valence-electron chi connectivity index (χ0n) is 14.6. The van der Waals surface area contributed by atoms with E-state index in [0.717, 1.165) is 11.3 Å². The minimum Gasteiger partial charge on any atom is -0.496 e. The Balaban J connectivity index is 1.77. The van der Waals surface area contributed by atoms with Crippen LogP contribution in [-0.2, 0) is 6.54 Å². The standard InChI is InChI=1S/C20H19N3O3/c1-25-17-9-6-10-18(26-2)19(17)20(24)21-12-15-11-16(23-13-22-15)14-7-4-3-5-8-14/h3-11,13H,12H2,1-2H3,(H,21,24). The number of hydrogen-bond acceptors (Lipinski definition) is 5. The number of ether oxygens (including phenoxy) is 2. The number of benzene rings is 2. The third-order valence-electron chi connectivity index (χ3n) is 3.88. The Kier molecular flexibility index (Phi) is 5.43. The van der Waals surface area contributed by atoms with Crippen molar-refractivity contribution < 1.29 is 14.3 Å². The molecule has 0 unspecified atom stereocenters. The maximum Gasteiger partial charge on any atom is 0.259 e. The third-order valence-corrected chi connectivity index (χ3v) is 3.88. The van der Waals surface area contributed by atoms with Crippen molar-refractivity contribution in [3.05, 3.63) is 72.2 Å². The number of hydrogen-bond donors (Lipinski definition) is 1. The van der Waals surface area contributed by atoms with E-state index in [4.69, 9.17) is 9.47 Å². The maximum absolute atomic E-state index is 12.6. The topological polar surface area (TPSA) is 73.3 Å². The first-order valence-electron chi connectivity index (χ1n) is 8.08. The Morgan fingerprint density at radius 3 is 2.31 bits per heavy atom. The van der Waals surface area contributed by atoms with E-state index >= 15 is 0 Å². The number of carbonyl (C=O) groups excluding carboxylic acids is 1. The van der Waals surface area contributed by atoms with Gasteiger partial charge in [0.25, 0.3) is 5.91 Å². The van der Waals surface area contributed by atoms with Gasteiger partial charge in [-0.05, 0) is 18.2 Å². The lowest BCUT2D eigenvalue weighted by Gasteiger charge is -2.13. The quantitative estimate of drug-likeness (QED) is 0.740. The van der Waals surface area contributed by atoms with Gasteiger partial charge in [0.15, 0.2) is 0 Å². The molecule has 0 spiro atoms. The highest BCUT2D eigenvalue weighted by molar-refractivity contribution is 5.99. The van der Waals surface area contributed by atoms with Crippen LogP contribution in [0.15, 0.2) is 60.9 Å². The molecule has 1 heterocycles. The van der Waals surface area contributed by atoms with Crippen molar-refractivity contribution >= 4 is 5.91 Å². The number of carbonyl (C=O) groups is 1. The molecule has 3 rings (SSSR count). The zero-order chi connectivity index (χ0) is 18.4. The number of nitrogens with one attached hydrogen (secondary N) is 1. The van der Waals surface area contributed by atoms with Crippen LogP contribution < -0.4 is 14.8 Å². The minimum absolute atomic E-state index is 0.266. The number of aromatic nitrogens is 2. The summed E-state index contributed by atoms with van der Waals surface area (Å²) in [6.07, 6.45) is 1.49. The van der Waals surface area contributed by atoms with Crippen molar-refractivity contribution in [3.8, 4) is 22.8 Å². The lowest BCUT2D eigenvalue weighted by molar-refractivity contribution is 0.0944. The normalized spacial score (nSPS) is 10.2. The lowest BCUT2D eigenvalue weighted by Crippen LogP contribution is -2.24. The van der Waals surface area contributed by atoms with Gasteiger partial charge in [0.05, 0.1) is 32.2 Å². The van der Waals surface area contributed by atoms with Crippen molar-refractivity contribution in [1.82, 2.24) is 15.3 Å². The molecule has 0 radical (unpaired) electrons. The predicted molar refractivity (Wildman–Crippen MR) is 98.2 cm³/mol. The SMILES string of the molecule is COc1cccc(OC)c1C(=O)NCc1cc(-c2ccccc2)ncn1. The van der Waals surface area contributed by atoms with Gasteiger partial charge in [-0.15, -0.1) is 0 Å². The molecule has 26 heavy (non-hydrogen) atoms. The van der Waals surface area contributed by atoms with Gasteiger partial charge in [0, 0.05) is 5.56 Å². The summed E-state index contributed by atoms with van der Waals surface area (Å²) in [5.74, 6) is 0.614. The van der Waals surface area contributed by atoms with E-state index < -0.39 is 0 Å². The van der Waals surface area contributed by atoms with Gasteiger partial charge in [-0.3, -0.25) is 4.79 Å². The Hall–Kier alpha value is -3.41. The van der Waals surface area contributed by atoms with E-state index in [1.165, 1.54) is 20.5 Å². The van der Waals surface area contributed by atoms with E-state index in [1.54, 1.807) is 18.2 Å². The van der Waals surface area contributed by atoms with Crippen LogP contribution in [0.2, 0.25) is 0 Å². The van der Waals surface area contributed by atoms with Gasteiger partial charge in [-0.1, -0.05) is 36.4 Å². The third kappa shape index (κ3) is 3.80. The van der Waals surface area contributed by atoms with Gasteiger partial charge in [-0.2, -0.15) is 0 Å². The largest absolute Gasteiger partial charge is 0.496 e. The predicted octanol–water partition coefficient (Wildman–Crippen LogP) is 3.09. The fraction of sp³-hybridized carbons (Fsp3) is 0.150. The highest BCUT2D eigenvalue weighted by Gasteiger charge is 2.18. The van der Waals surface area contributed by atoms with Crippen molar-refractivity contribution in [1.29, 1.82) is 0 Å². The monoisotopic (exact) mass is 349 g/mol. The van der Waals surface area contributed by atoms with E-state index in [-0.39, 0.29) is 12.5 Å². The van der Waals surface area contributed by atoms with Gasteiger partial charge in [-0.25, -0.2) is 9.97 Å². The van der Waals surface area contributed by atoms with Gasteiger partial charge in [0.1, 0.15) is 23.4 Å². The summed E-state index contributed by atoms with van der Waals surface area (Å²) < 4.78 is 10.5. The lowest BCUT2D eigenvalue weighted by atomic mass is 10.1. The van der Waals surface area contributed by atoms with E-state index in [2.05, 4.69) is 15.3 Å². The second kappa shape index (κ2) is 8.11. The Morgan fingerprint density at radius 2 is 1.65 bits per heavy atom. The molecule has 132 valence electrons. The van der Waals surface area contributed by atoms with Gasteiger partial charge < -0.3 is 14.8 Å². The van der Waals surface area contributed by atoms with Crippen LogP contribution >= 0.6 is 0 Å². The summed E-state index contributed by atoms with van der Waals surface area (Å²) in [5, 5.41) is 2.85. The number of methoxy groups -OCH3 is 2. The summed E-state index contributed by atoms with van der Waals surface area (Å²) in [4.78, 5) is 21.1. The van der Waals surface area contributed by atoms with Gasteiger partial charge in [0.2, 0.25) is 0 Å². The molecule has 0 aliphatic rings. The van der Waals surface area contributed by atoms with Crippen LogP contribution in [-0.4, -0.2) is 30.1 Å². The molecular weight excluding hydrogens is 330 g/mol. The molecule has 3 aromatic rings.